The molecule has 1 aliphatic carbocycles. The lowest BCUT2D eigenvalue weighted by atomic mass is 9.85. The van der Waals surface area contributed by atoms with Crippen molar-refractivity contribution in [1.82, 2.24) is 24.6 Å². The van der Waals surface area contributed by atoms with E-state index in [0.717, 1.165) is 41.3 Å². The topological polar surface area (TPSA) is 60.0 Å². The third-order valence-corrected chi connectivity index (χ3v) is 8.28. The molecule has 0 amide bonds. The maximum atomic E-state index is 5.47. The first kappa shape index (κ1) is 24.3. The molecule has 1 saturated heterocycles. The second-order valence-electron chi connectivity index (χ2n) is 10.5. The highest BCUT2D eigenvalue weighted by molar-refractivity contribution is 7.99. The summed E-state index contributed by atoms with van der Waals surface area (Å²) < 4.78 is 7.47. The van der Waals surface area contributed by atoms with Gasteiger partial charge in [0.05, 0.1) is 5.69 Å². The number of nitrogens with zero attached hydrogens (tertiary/aromatic N) is 5. The Morgan fingerprint density at radius 2 is 1.94 bits per heavy atom. The average Bonchev–Trinajstić information content (AvgIpc) is 3.05. The predicted molar refractivity (Wildman–Crippen MR) is 135 cm³/mol. The highest BCUT2D eigenvalue weighted by Gasteiger charge is 2.60. The van der Waals surface area contributed by atoms with Gasteiger partial charge in [0.2, 0.25) is 5.82 Å². The smallest absolute Gasteiger partial charge is 0.202 e. The molecule has 1 saturated carbocycles. The summed E-state index contributed by atoms with van der Waals surface area (Å²) in [4.78, 5) is 6.81. The SMILES string of the molecule is Cc1ncoc1-c1nnc(SCCCN2C[C@H]3CC3(c3ccc(C(C)(C)C)cc3)C2)n1C.Cl. The molecule has 178 valence electrons. The van der Waals surface area contributed by atoms with Gasteiger partial charge in [-0.15, -0.1) is 22.6 Å². The summed E-state index contributed by atoms with van der Waals surface area (Å²) in [5, 5.41) is 9.58. The Balaban J connectivity index is 0.00000259. The number of benzene rings is 1. The number of oxazole rings is 1. The normalized spacial score (nSPS) is 22.3. The minimum atomic E-state index is 0. The monoisotopic (exact) mass is 487 g/mol. The quantitative estimate of drug-likeness (QED) is 0.335. The lowest BCUT2D eigenvalue weighted by Gasteiger charge is -2.23. The number of hydrogen-bond acceptors (Lipinski definition) is 6. The molecule has 0 radical (unpaired) electrons. The van der Waals surface area contributed by atoms with Gasteiger partial charge in [0.25, 0.3) is 0 Å². The molecule has 0 bridgehead atoms. The van der Waals surface area contributed by atoms with Crippen LogP contribution in [-0.4, -0.2) is 50.0 Å². The van der Waals surface area contributed by atoms with Crippen molar-refractivity contribution < 1.29 is 4.42 Å². The number of likely N-dealkylation sites (tertiary alicyclic amines) is 1. The molecule has 6 nitrogen and oxygen atoms in total. The molecule has 8 heteroatoms. The molecule has 33 heavy (non-hydrogen) atoms. The fourth-order valence-corrected chi connectivity index (χ4v) is 5.95. The minimum absolute atomic E-state index is 0. The molecule has 0 N–H and O–H groups in total. The molecule has 3 aromatic rings. The molecule has 1 aromatic carbocycles. The van der Waals surface area contributed by atoms with Gasteiger partial charge in [0.15, 0.2) is 17.3 Å². The zero-order valence-corrected chi connectivity index (χ0v) is 21.8. The third kappa shape index (κ3) is 4.60. The average molecular weight is 488 g/mol. The first-order valence-corrected chi connectivity index (χ1v) is 12.5. The Morgan fingerprint density at radius 1 is 1.18 bits per heavy atom. The van der Waals surface area contributed by atoms with Crippen LogP contribution >= 0.6 is 24.2 Å². The number of aromatic nitrogens is 4. The zero-order valence-electron chi connectivity index (χ0n) is 20.2. The van der Waals surface area contributed by atoms with Gasteiger partial charge in [0.1, 0.15) is 0 Å². The van der Waals surface area contributed by atoms with Gasteiger partial charge in [-0.25, -0.2) is 4.98 Å². The van der Waals surface area contributed by atoms with Crippen molar-refractivity contribution in [2.75, 3.05) is 25.4 Å². The first-order chi connectivity index (χ1) is 15.3. The van der Waals surface area contributed by atoms with Crippen LogP contribution in [0.5, 0.6) is 0 Å². The second kappa shape index (κ2) is 9.08. The Hall–Kier alpha value is -1.83. The van der Waals surface area contributed by atoms with Crippen molar-refractivity contribution in [1.29, 1.82) is 0 Å². The summed E-state index contributed by atoms with van der Waals surface area (Å²) in [6, 6.07) is 9.46. The Bertz CT molecular complexity index is 1100. The van der Waals surface area contributed by atoms with Crippen molar-refractivity contribution in [3.05, 3.63) is 47.5 Å². The van der Waals surface area contributed by atoms with Crippen molar-refractivity contribution in [3.8, 4) is 11.6 Å². The van der Waals surface area contributed by atoms with Gasteiger partial charge in [0, 0.05) is 31.3 Å². The molecular formula is C25H34ClN5OS. The number of piperidine rings is 1. The number of thioether (sulfide) groups is 1. The van der Waals surface area contributed by atoms with Crippen molar-refractivity contribution in [2.45, 2.75) is 56.5 Å². The lowest BCUT2D eigenvalue weighted by molar-refractivity contribution is 0.299. The van der Waals surface area contributed by atoms with Crippen molar-refractivity contribution in [3.63, 3.8) is 0 Å². The van der Waals surface area contributed by atoms with Crippen LogP contribution in [0.1, 0.15) is 50.4 Å². The van der Waals surface area contributed by atoms with E-state index in [1.54, 1.807) is 17.3 Å². The van der Waals surface area contributed by atoms with Gasteiger partial charge < -0.3 is 13.9 Å². The largest absolute Gasteiger partial charge is 0.440 e. The van der Waals surface area contributed by atoms with Gasteiger partial charge in [-0.05, 0) is 48.8 Å². The predicted octanol–water partition coefficient (Wildman–Crippen LogP) is 5.25. The number of halogens is 1. The number of rotatable bonds is 7. The van der Waals surface area contributed by atoms with E-state index in [9.17, 15) is 0 Å². The first-order valence-electron chi connectivity index (χ1n) is 11.5. The molecule has 2 fully saturated rings. The fourth-order valence-electron chi connectivity index (χ4n) is 5.11. The van der Waals surface area contributed by atoms with Crippen LogP contribution in [0.3, 0.4) is 0 Å². The standard InChI is InChI=1S/C25H33N5OS.ClH/c1-17-21(31-16-26-17)22-27-28-23(29(22)5)32-12-6-11-30-14-20-13-25(20,15-30)19-9-7-18(8-10-19)24(2,3)4;/h7-10,16,20H,6,11-15H2,1-5H3;1H/t20-,25?;/m1./s1. The van der Waals surface area contributed by atoms with E-state index >= 15 is 0 Å². The number of aryl methyl sites for hydroxylation is 1. The highest BCUT2D eigenvalue weighted by atomic mass is 35.5. The lowest BCUT2D eigenvalue weighted by Crippen LogP contribution is -2.28. The summed E-state index contributed by atoms with van der Waals surface area (Å²) in [7, 11) is 1.99. The van der Waals surface area contributed by atoms with E-state index in [1.807, 2.05) is 18.5 Å². The molecule has 3 heterocycles. The Labute approximate surface area is 207 Å². The van der Waals surface area contributed by atoms with Crippen molar-refractivity contribution in [2.24, 2.45) is 13.0 Å². The van der Waals surface area contributed by atoms with Crippen LogP contribution in [0.2, 0.25) is 0 Å². The van der Waals surface area contributed by atoms with Crippen LogP contribution < -0.4 is 0 Å². The number of hydrogen-bond donors (Lipinski definition) is 0. The van der Waals surface area contributed by atoms with E-state index in [0.29, 0.717) is 11.2 Å². The summed E-state index contributed by atoms with van der Waals surface area (Å²) in [6.45, 7) is 12.4. The van der Waals surface area contributed by atoms with Crippen molar-refractivity contribution >= 4 is 24.2 Å². The van der Waals surface area contributed by atoms with Crippen LogP contribution in [0.25, 0.3) is 11.6 Å². The minimum Gasteiger partial charge on any atom is -0.440 e. The van der Waals surface area contributed by atoms with Crippen LogP contribution in [0.4, 0.5) is 0 Å². The van der Waals surface area contributed by atoms with E-state index < -0.39 is 0 Å². The Kier molecular flexibility index (Phi) is 6.69. The van der Waals surface area contributed by atoms with Gasteiger partial charge >= 0.3 is 0 Å². The molecule has 1 unspecified atom stereocenters. The molecule has 5 rings (SSSR count). The highest BCUT2D eigenvalue weighted by Crippen LogP contribution is 2.59. The fraction of sp³-hybridized carbons (Fsp3) is 0.560. The Morgan fingerprint density at radius 3 is 2.61 bits per heavy atom. The van der Waals surface area contributed by atoms with E-state index in [1.165, 1.54) is 31.5 Å². The second-order valence-corrected chi connectivity index (χ2v) is 11.5. The van der Waals surface area contributed by atoms with Crippen LogP contribution in [0.15, 0.2) is 40.2 Å². The van der Waals surface area contributed by atoms with Gasteiger partial charge in [-0.3, -0.25) is 0 Å². The molecular weight excluding hydrogens is 454 g/mol. The van der Waals surface area contributed by atoms with Crippen LogP contribution in [-0.2, 0) is 17.9 Å². The maximum absolute atomic E-state index is 5.47. The number of fused-ring (bicyclic) bond motifs is 1. The molecule has 0 spiro atoms. The van der Waals surface area contributed by atoms with Crippen LogP contribution in [0, 0.1) is 12.8 Å². The zero-order chi connectivity index (χ0) is 22.5. The summed E-state index contributed by atoms with van der Waals surface area (Å²) in [5.74, 6) is 3.31. The van der Waals surface area contributed by atoms with E-state index in [2.05, 4.69) is 65.1 Å². The molecule has 2 aliphatic rings. The molecule has 1 aliphatic heterocycles. The summed E-state index contributed by atoms with van der Waals surface area (Å²) in [6.07, 6.45) is 3.97. The van der Waals surface area contributed by atoms with Gasteiger partial charge in [-0.1, -0.05) is 56.8 Å². The summed E-state index contributed by atoms with van der Waals surface area (Å²) in [5.41, 5.74) is 4.44. The molecule has 2 atom stereocenters. The third-order valence-electron chi connectivity index (χ3n) is 7.18. The molecule has 2 aromatic heterocycles. The van der Waals surface area contributed by atoms with E-state index in [4.69, 9.17) is 4.42 Å². The summed E-state index contributed by atoms with van der Waals surface area (Å²) >= 11 is 1.77. The van der Waals surface area contributed by atoms with Gasteiger partial charge in [-0.2, -0.15) is 0 Å². The van der Waals surface area contributed by atoms with E-state index in [-0.39, 0.29) is 17.8 Å². The maximum Gasteiger partial charge on any atom is 0.202 e.